The van der Waals surface area contributed by atoms with Crippen LogP contribution in [-0.2, 0) is 25.7 Å². The van der Waals surface area contributed by atoms with Gasteiger partial charge in [-0.2, -0.15) is 0 Å². The molecule has 1 nitrogen and oxygen atoms in total. The van der Waals surface area contributed by atoms with E-state index in [4.69, 9.17) is 5.73 Å². The Morgan fingerprint density at radius 2 is 1.84 bits per heavy atom. The lowest BCUT2D eigenvalue weighted by molar-refractivity contribution is 0.371. The highest BCUT2D eigenvalue weighted by atomic mass is 32.1. The van der Waals surface area contributed by atoms with Crippen LogP contribution in [-0.4, -0.2) is 5.54 Å². The van der Waals surface area contributed by atoms with E-state index in [0.717, 1.165) is 32.1 Å². The Labute approximate surface area is 119 Å². The van der Waals surface area contributed by atoms with Gasteiger partial charge in [0.1, 0.15) is 0 Å². The first-order chi connectivity index (χ1) is 9.18. The molecule has 1 atom stereocenters. The number of hydrogen-bond acceptors (Lipinski definition) is 2. The van der Waals surface area contributed by atoms with Gasteiger partial charge < -0.3 is 5.73 Å². The van der Waals surface area contributed by atoms with E-state index in [-0.39, 0.29) is 5.54 Å². The maximum absolute atomic E-state index is 6.66. The minimum Gasteiger partial charge on any atom is -0.324 e. The lowest BCUT2D eigenvalue weighted by Gasteiger charge is -2.34. The molecule has 1 aromatic heterocycles. The fraction of sp³-hybridized carbons (Fsp3) is 0.412. The molecule has 3 rings (SSSR count). The molecule has 0 aliphatic heterocycles. The van der Waals surface area contributed by atoms with Gasteiger partial charge in [-0.15, -0.1) is 11.3 Å². The zero-order valence-electron chi connectivity index (χ0n) is 11.5. The fourth-order valence-electron chi connectivity index (χ4n) is 3.03. The molecule has 100 valence electrons. The van der Waals surface area contributed by atoms with Crippen molar-refractivity contribution in [3.63, 3.8) is 0 Å². The van der Waals surface area contributed by atoms with Crippen LogP contribution in [0.4, 0.5) is 0 Å². The molecule has 1 aliphatic carbocycles. The standard InChI is InChI=1S/C17H21NS/c1-2-15-7-8-16(19-15)12-17(18)10-9-13-5-3-4-6-14(13)11-17/h3-8H,2,9-12,18H2,1H3. The molecule has 1 heterocycles. The van der Waals surface area contributed by atoms with Crippen LogP contribution in [0.3, 0.4) is 0 Å². The van der Waals surface area contributed by atoms with Crippen molar-refractivity contribution >= 4 is 11.3 Å². The van der Waals surface area contributed by atoms with E-state index in [1.807, 2.05) is 11.3 Å². The summed E-state index contributed by atoms with van der Waals surface area (Å²) in [6.07, 6.45) is 5.39. The van der Waals surface area contributed by atoms with Gasteiger partial charge in [-0.25, -0.2) is 0 Å². The monoisotopic (exact) mass is 271 g/mol. The van der Waals surface area contributed by atoms with Crippen molar-refractivity contribution in [1.82, 2.24) is 0 Å². The highest BCUT2D eigenvalue weighted by Gasteiger charge is 2.30. The number of nitrogens with two attached hydrogens (primary N) is 1. The van der Waals surface area contributed by atoms with Crippen molar-refractivity contribution in [1.29, 1.82) is 0 Å². The molecule has 0 fully saturated rings. The van der Waals surface area contributed by atoms with E-state index in [0.29, 0.717) is 0 Å². The largest absolute Gasteiger partial charge is 0.324 e. The summed E-state index contributed by atoms with van der Waals surface area (Å²) < 4.78 is 0. The summed E-state index contributed by atoms with van der Waals surface area (Å²) in [5, 5.41) is 0. The smallest absolute Gasteiger partial charge is 0.0247 e. The number of aryl methyl sites for hydroxylation is 2. The normalized spacial score (nSPS) is 22.2. The molecule has 2 aromatic rings. The van der Waals surface area contributed by atoms with Crippen molar-refractivity contribution in [3.8, 4) is 0 Å². The second kappa shape index (κ2) is 5.10. The molecule has 0 radical (unpaired) electrons. The van der Waals surface area contributed by atoms with E-state index >= 15 is 0 Å². The van der Waals surface area contributed by atoms with Crippen LogP contribution in [0, 0.1) is 0 Å². The zero-order chi connectivity index (χ0) is 13.3. The van der Waals surface area contributed by atoms with Gasteiger partial charge in [0, 0.05) is 21.7 Å². The zero-order valence-corrected chi connectivity index (χ0v) is 12.3. The van der Waals surface area contributed by atoms with Gasteiger partial charge in [0.05, 0.1) is 0 Å². The Bertz CT molecular complexity index is 572. The van der Waals surface area contributed by atoms with Crippen molar-refractivity contribution in [2.24, 2.45) is 5.73 Å². The summed E-state index contributed by atoms with van der Waals surface area (Å²) in [5.41, 5.74) is 9.55. The third-order valence-electron chi connectivity index (χ3n) is 4.15. The summed E-state index contributed by atoms with van der Waals surface area (Å²) in [5.74, 6) is 0. The average Bonchev–Trinajstić information content (AvgIpc) is 2.85. The molecule has 2 heteroatoms. The van der Waals surface area contributed by atoms with Gasteiger partial charge in [0.2, 0.25) is 0 Å². The van der Waals surface area contributed by atoms with E-state index in [1.54, 1.807) is 0 Å². The molecule has 2 N–H and O–H groups in total. The van der Waals surface area contributed by atoms with Crippen LogP contribution in [0.2, 0.25) is 0 Å². The highest BCUT2D eigenvalue weighted by Crippen LogP contribution is 2.31. The van der Waals surface area contributed by atoms with E-state index < -0.39 is 0 Å². The number of fused-ring (bicyclic) bond motifs is 1. The van der Waals surface area contributed by atoms with Crippen molar-refractivity contribution in [2.75, 3.05) is 0 Å². The van der Waals surface area contributed by atoms with Crippen LogP contribution in [0.15, 0.2) is 36.4 Å². The Morgan fingerprint density at radius 1 is 1.11 bits per heavy atom. The maximum Gasteiger partial charge on any atom is 0.0247 e. The van der Waals surface area contributed by atoms with Gasteiger partial charge in [-0.1, -0.05) is 31.2 Å². The summed E-state index contributed by atoms with van der Waals surface area (Å²) in [7, 11) is 0. The molecule has 0 bridgehead atoms. The minimum absolute atomic E-state index is 0.0514. The third kappa shape index (κ3) is 2.75. The molecule has 0 spiro atoms. The molecule has 19 heavy (non-hydrogen) atoms. The lowest BCUT2D eigenvalue weighted by atomic mass is 9.76. The summed E-state index contributed by atoms with van der Waals surface area (Å²) in [6, 6.07) is 13.3. The Kier molecular flexibility index (Phi) is 3.46. The third-order valence-corrected chi connectivity index (χ3v) is 5.37. The number of hydrogen-bond donors (Lipinski definition) is 1. The first-order valence-electron chi connectivity index (χ1n) is 7.12. The predicted molar refractivity (Wildman–Crippen MR) is 82.8 cm³/mol. The van der Waals surface area contributed by atoms with Gasteiger partial charge in [-0.3, -0.25) is 0 Å². The van der Waals surface area contributed by atoms with Gasteiger partial charge in [0.15, 0.2) is 0 Å². The molecule has 1 unspecified atom stereocenters. The summed E-state index contributed by atoms with van der Waals surface area (Å²) in [6.45, 7) is 2.21. The fourth-order valence-corrected chi connectivity index (χ4v) is 4.14. The Morgan fingerprint density at radius 3 is 2.58 bits per heavy atom. The SMILES string of the molecule is CCc1ccc(CC2(N)CCc3ccccc3C2)s1. The van der Waals surface area contributed by atoms with Crippen LogP contribution < -0.4 is 5.73 Å². The van der Waals surface area contributed by atoms with Crippen molar-refractivity contribution in [2.45, 2.75) is 44.6 Å². The van der Waals surface area contributed by atoms with Crippen molar-refractivity contribution in [3.05, 3.63) is 57.3 Å². The molecule has 0 amide bonds. The maximum atomic E-state index is 6.66. The number of thiophene rings is 1. The first-order valence-corrected chi connectivity index (χ1v) is 7.93. The topological polar surface area (TPSA) is 26.0 Å². The number of benzene rings is 1. The molecule has 0 saturated heterocycles. The van der Waals surface area contributed by atoms with E-state index in [1.165, 1.54) is 20.9 Å². The molecular weight excluding hydrogens is 250 g/mol. The van der Waals surface area contributed by atoms with Crippen LogP contribution in [0.25, 0.3) is 0 Å². The molecule has 1 aromatic carbocycles. The van der Waals surface area contributed by atoms with Gasteiger partial charge in [-0.05, 0) is 48.9 Å². The predicted octanol–water partition coefficient (Wildman–Crippen LogP) is 3.74. The first kappa shape index (κ1) is 12.9. The Hall–Kier alpha value is -1.12. The highest BCUT2D eigenvalue weighted by molar-refractivity contribution is 7.12. The molecule has 1 aliphatic rings. The molecule has 0 saturated carbocycles. The minimum atomic E-state index is -0.0514. The number of rotatable bonds is 3. The Balaban J connectivity index is 1.78. The molecular formula is C17H21NS. The lowest BCUT2D eigenvalue weighted by Crippen LogP contribution is -2.46. The summed E-state index contributed by atoms with van der Waals surface area (Å²) >= 11 is 1.93. The van der Waals surface area contributed by atoms with Gasteiger partial charge in [0.25, 0.3) is 0 Å². The average molecular weight is 271 g/mol. The second-order valence-electron chi connectivity index (χ2n) is 5.71. The second-order valence-corrected chi connectivity index (χ2v) is 6.96. The summed E-state index contributed by atoms with van der Waals surface area (Å²) in [4.78, 5) is 2.91. The van der Waals surface area contributed by atoms with Crippen molar-refractivity contribution < 1.29 is 0 Å². The van der Waals surface area contributed by atoms with Gasteiger partial charge >= 0.3 is 0 Å². The van der Waals surface area contributed by atoms with E-state index in [9.17, 15) is 0 Å². The van der Waals surface area contributed by atoms with E-state index in [2.05, 4.69) is 43.3 Å². The van der Waals surface area contributed by atoms with Crippen LogP contribution >= 0.6 is 11.3 Å². The van der Waals surface area contributed by atoms with Crippen LogP contribution in [0.5, 0.6) is 0 Å². The van der Waals surface area contributed by atoms with Crippen LogP contribution in [0.1, 0.15) is 34.2 Å². The quantitative estimate of drug-likeness (QED) is 0.904.